The van der Waals surface area contributed by atoms with E-state index < -0.39 is 0 Å². The number of rotatable bonds is 2. The number of allylic oxidation sites excluding steroid dienone is 1. The minimum atomic E-state index is 0.330. The summed E-state index contributed by atoms with van der Waals surface area (Å²) in [5.74, 6) is 1.98. The molecule has 0 aromatic heterocycles. The smallest absolute Gasteiger partial charge is 0.132 e. The summed E-state index contributed by atoms with van der Waals surface area (Å²) in [6.07, 6.45) is 5.32. The van der Waals surface area contributed by atoms with Gasteiger partial charge < -0.3 is 0 Å². The molecular weight excluding hydrogens is 148 g/mol. The monoisotopic (exact) mass is 166 g/mol. The summed E-state index contributed by atoms with van der Waals surface area (Å²) in [6, 6.07) is 0. The Bertz CT molecular complexity index is 183. The van der Waals surface area contributed by atoms with Crippen molar-refractivity contribution in [2.45, 2.75) is 33.1 Å². The number of carbonyl (C=O) groups excluding carboxylic acids is 1. The summed E-state index contributed by atoms with van der Waals surface area (Å²) in [7, 11) is 0. The molecule has 1 nitrogen and oxygen atoms in total. The first kappa shape index (κ1) is 9.50. The van der Waals surface area contributed by atoms with Gasteiger partial charge in [-0.05, 0) is 38.0 Å². The average Bonchev–Trinajstić information content (AvgIpc) is 2.04. The van der Waals surface area contributed by atoms with Gasteiger partial charge in [-0.25, -0.2) is 0 Å². The van der Waals surface area contributed by atoms with Crippen LogP contribution >= 0.6 is 0 Å². The fraction of sp³-hybridized carbons (Fsp3) is 0.727. The minimum Gasteiger partial charge on any atom is -0.300 e. The lowest BCUT2D eigenvalue weighted by Gasteiger charge is -2.30. The van der Waals surface area contributed by atoms with Gasteiger partial charge in [-0.3, -0.25) is 4.79 Å². The maximum absolute atomic E-state index is 11.1. The first-order valence-electron chi connectivity index (χ1n) is 4.78. The number of ketones is 1. The maximum Gasteiger partial charge on any atom is 0.132 e. The largest absolute Gasteiger partial charge is 0.300 e. The van der Waals surface area contributed by atoms with E-state index in [-0.39, 0.29) is 0 Å². The van der Waals surface area contributed by atoms with Gasteiger partial charge in [0.15, 0.2) is 0 Å². The molecule has 1 rings (SSSR count). The molecule has 1 saturated carbocycles. The Morgan fingerprint density at radius 2 is 2.17 bits per heavy atom. The van der Waals surface area contributed by atoms with E-state index in [1.54, 1.807) is 6.92 Å². The van der Waals surface area contributed by atoms with E-state index in [0.29, 0.717) is 23.5 Å². The Hall–Kier alpha value is -0.590. The second-order valence-corrected chi connectivity index (χ2v) is 4.00. The van der Waals surface area contributed by atoms with Gasteiger partial charge in [-0.2, -0.15) is 0 Å². The van der Waals surface area contributed by atoms with Crippen molar-refractivity contribution < 1.29 is 4.79 Å². The fourth-order valence-corrected chi connectivity index (χ4v) is 2.14. The Labute approximate surface area is 74.9 Å². The molecule has 0 aliphatic heterocycles. The molecule has 0 bridgehead atoms. The summed E-state index contributed by atoms with van der Waals surface area (Å²) in [5.41, 5.74) is 0. The van der Waals surface area contributed by atoms with Gasteiger partial charge in [-0.15, -0.1) is 6.58 Å². The number of carbonyl (C=O) groups is 1. The highest BCUT2D eigenvalue weighted by Gasteiger charge is 2.27. The van der Waals surface area contributed by atoms with Crippen LogP contribution in [-0.2, 0) is 4.79 Å². The summed E-state index contributed by atoms with van der Waals surface area (Å²) >= 11 is 0. The Kier molecular flexibility index (Phi) is 3.07. The van der Waals surface area contributed by atoms with Crippen molar-refractivity contribution in [1.82, 2.24) is 0 Å². The molecule has 68 valence electrons. The predicted molar refractivity (Wildman–Crippen MR) is 50.9 cm³/mol. The van der Waals surface area contributed by atoms with E-state index in [1.165, 1.54) is 0 Å². The van der Waals surface area contributed by atoms with Crippen LogP contribution in [0.15, 0.2) is 12.7 Å². The Morgan fingerprint density at radius 3 is 2.58 bits per heavy atom. The van der Waals surface area contributed by atoms with Crippen LogP contribution in [0.3, 0.4) is 0 Å². The van der Waals surface area contributed by atoms with E-state index in [4.69, 9.17) is 0 Å². The van der Waals surface area contributed by atoms with Gasteiger partial charge in [0, 0.05) is 5.92 Å². The van der Waals surface area contributed by atoms with Crippen molar-refractivity contribution >= 4 is 5.78 Å². The second kappa shape index (κ2) is 3.88. The van der Waals surface area contributed by atoms with Gasteiger partial charge in [-0.1, -0.05) is 13.0 Å². The van der Waals surface area contributed by atoms with E-state index in [9.17, 15) is 4.79 Å². The number of hydrogen-bond donors (Lipinski definition) is 0. The SMILES string of the molecule is C=CC1CCC(C(C)=O)CC1C. The lowest BCUT2D eigenvalue weighted by molar-refractivity contribution is -0.122. The van der Waals surface area contributed by atoms with Crippen LogP contribution in [0.25, 0.3) is 0 Å². The molecular formula is C11H18O. The topological polar surface area (TPSA) is 17.1 Å². The highest BCUT2D eigenvalue weighted by molar-refractivity contribution is 5.78. The fourth-order valence-electron chi connectivity index (χ4n) is 2.14. The molecule has 3 unspecified atom stereocenters. The van der Waals surface area contributed by atoms with Crippen molar-refractivity contribution in [3.63, 3.8) is 0 Å². The summed E-state index contributed by atoms with van der Waals surface area (Å²) in [4.78, 5) is 11.1. The summed E-state index contributed by atoms with van der Waals surface area (Å²) in [5, 5.41) is 0. The third kappa shape index (κ3) is 1.96. The third-order valence-electron chi connectivity index (χ3n) is 3.11. The number of Topliss-reactive ketones (excluding diaryl/α,β-unsaturated/α-hetero) is 1. The lowest BCUT2D eigenvalue weighted by Crippen LogP contribution is -2.25. The van der Waals surface area contributed by atoms with Gasteiger partial charge in [0.1, 0.15) is 5.78 Å². The highest BCUT2D eigenvalue weighted by Crippen LogP contribution is 2.34. The summed E-state index contributed by atoms with van der Waals surface area (Å²) in [6.45, 7) is 7.76. The highest BCUT2D eigenvalue weighted by atomic mass is 16.1. The first-order chi connectivity index (χ1) is 5.65. The predicted octanol–water partition coefficient (Wildman–Crippen LogP) is 2.81. The van der Waals surface area contributed by atoms with Crippen LogP contribution < -0.4 is 0 Å². The van der Waals surface area contributed by atoms with Crippen molar-refractivity contribution in [3.05, 3.63) is 12.7 Å². The first-order valence-corrected chi connectivity index (χ1v) is 4.78. The van der Waals surface area contributed by atoms with Gasteiger partial charge in [0.05, 0.1) is 0 Å². The van der Waals surface area contributed by atoms with E-state index in [1.807, 2.05) is 6.08 Å². The van der Waals surface area contributed by atoms with Gasteiger partial charge >= 0.3 is 0 Å². The minimum absolute atomic E-state index is 0.330. The molecule has 0 amide bonds. The van der Waals surface area contributed by atoms with Crippen LogP contribution in [0.2, 0.25) is 0 Å². The molecule has 0 heterocycles. The van der Waals surface area contributed by atoms with Crippen molar-refractivity contribution in [2.75, 3.05) is 0 Å². The van der Waals surface area contributed by atoms with E-state index in [2.05, 4.69) is 13.5 Å². The number of hydrogen-bond acceptors (Lipinski definition) is 1. The zero-order valence-electron chi connectivity index (χ0n) is 8.05. The average molecular weight is 166 g/mol. The Balaban J connectivity index is 2.51. The zero-order chi connectivity index (χ0) is 9.14. The molecule has 0 aromatic rings. The van der Waals surface area contributed by atoms with Crippen LogP contribution in [0.1, 0.15) is 33.1 Å². The van der Waals surface area contributed by atoms with Crippen molar-refractivity contribution in [1.29, 1.82) is 0 Å². The van der Waals surface area contributed by atoms with E-state index >= 15 is 0 Å². The van der Waals surface area contributed by atoms with Crippen LogP contribution in [0.4, 0.5) is 0 Å². The molecule has 1 heteroatoms. The maximum atomic E-state index is 11.1. The third-order valence-corrected chi connectivity index (χ3v) is 3.11. The molecule has 3 atom stereocenters. The lowest BCUT2D eigenvalue weighted by atomic mass is 9.74. The van der Waals surface area contributed by atoms with Crippen LogP contribution in [0.5, 0.6) is 0 Å². The van der Waals surface area contributed by atoms with Crippen molar-refractivity contribution in [3.8, 4) is 0 Å². The normalized spacial score (nSPS) is 36.0. The van der Waals surface area contributed by atoms with Crippen LogP contribution in [-0.4, -0.2) is 5.78 Å². The zero-order valence-corrected chi connectivity index (χ0v) is 8.05. The molecule has 1 fully saturated rings. The van der Waals surface area contributed by atoms with E-state index in [0.717, 1.165) is 19.3 Å². The summed E-state index contributed by atoms with van der Waals surface area (Å²) < 4.78 is 0. The van der Waals surface area contributed by atoms with Gasteiger partial charge in [0.25, 0.3) is 0 Å². The van der Waals surface area contributed by atoms with Crippen molar-refractivity contribution in [2.24, 2.45) is 17.8 Å². The molecule has 0 radical (unpaired) electrons. The quantitative estimate of drug-likeness (QED) is 0.576. The Morgan fingerprint density at radius 1 is 1.50 bits per heavy atom. The van der Waals surface area contributed by atoms with Gasteiger partial charge in [0.2, 0.25) is 0 Å². The molecule has 0 aromatic carbocycles. The molecule has 0 spiro atoms. The molecule has 12 heavy (non-hydrogen) atoms. The molecule has 0 N–H and O–H groups in total. The molecule has 1 aliphatic rings. The molecule has 1 aliphatic carbocycles. The molecule has 0 saturated heterocycles. The second-order valence-electron chi connectivity index (χ2n) is 4.00. The standard InChI is InChI=1S/C11H18O/c1-4-10-5-6-11(9(3)12)7-8(10)2/h4,8,10-11H,1,5-7H2,2-3H3. The van der Waals surface area contributed by atoms with Crippen LogP contribution in [0, 0.1) is 17.8 Å².